The van der Waals surface area contributed by atoms with Crippen LogP contribution in [0.1, 0.15) is 15.9 Å². The minimum Gasteiger partial charge on any atom is -0.493 e. The number of nitro benzene ring substituents is 1. The molecule has 2 aromatic carbocycles. The minimum absolute atomic E-state index is 0.0250. The number of halogens is 1. The number of carbonyl (C=O) groups excluding carboxylic acids is 1. The number of rotatable bonds is 6. The van der Waals surface area contributed by atoms with Crippen LogP contribution in [0.25, 0.3) is 0 Å². The van der Waals surface area contributed by atoms with Crippen LogP contribution in [0.4, 0.5) is 5.69 Å². The molecule has 0 aliphatic heterocycles. The Kier molecular flexibility index (Phi) is 5.59. The van der Waals surface area contributed by atoms with Gasteiger partial charge in [-0.3, -0.25) is 10.1 Å². The lowest BCUT2D eigenvalue weighted by Crippen LogP contribution is -2.06. The van der Waals surface area contributed by atoms with Gasteiger partial charge in [-0.2, -0.15) is 0 Å². The van der Waals surface area contributed by atoms with E-state index in [2.05, 4.69) is 0 Å². The summed E-state index contributed by atoms with van der Waals surface area (Å²) in [7, 11) is 2.87. The van der Waals surface area contributed by atoms with E-state index in [1.54, 1.807) is 0 Å². The van der Waals surface area contributed by atoms with Crippen molar-refractivity contribution in [3.05, 3.63) is 62.7 Å². The maximum Gasteiger partial charge on any atom is 0.338 e. The fraction of sp³-hybridized carbons (Fsp3) is 0.188. The highest BCUT2D eigenvalue weighted by Gasteiger charge is 2.16. The number of esters is 1. The summed E-state index contributed by atoms with van der Waals surface area (Å²) in [5, 5.41) is 10.8. The predicted molar refractivity (Wildman–Crippen MR) is 86.8 cm³/mol. The van der Waals surface area contributed by atoms with Gasteiger partial charge in [0.15, 0.2) is 11.5 Å². The lowest BCUT2D eigenvalue weighted by molar-refractivity contribution is -0.384. The number of nitrogens with zero attached hydrogens (tertiary/aromatic N) is 1. The number of nitro groups is 1. The molecule has 0 saturated carbocycles. The fourth-order valence-corrected chi connectivity index (χ4v) is 2.27. The van der Waals surface area contributed by atoms with Crippen LogP contribution in [0.15, 0.2) is 36.4 Å². The second-order valence-electron chi connectivity index (χ2n) is 4.69. The molecule has 0 aliphatic carbocycles. The lowest BCUT2D eigenvalue weighted by atomic mass is 10.2. The summed E-state index contributed by atoms with van der Waals surface area (Å²) in [6, 6.07) is 8.61. The van der Waals surface area contributed by atoms with Crippen molar-refractivity contribution in [1.82, 2.24) is 0 Å². The molecular weight excluding hydrogens is 338 g/mol. The third-order valence-corrected chi connectivity index (χ3v) is 3.47. The van der Waals surface area contributed by atoms with Gasteiger partial charge in [-0.15, -0.1) is 0 Å². The molecule has 24 heavy (non-hydrogen) atoms. The van der Waals surface area contributed by atoms with Gasteiger partial charge in [0.25, 0.3) is 5.69 Å². The summed E-state index contributed by atoms with van der Waals surface area (Å²) in [6.07, 6.45) is 0. The molecule has 0 amide bonds. The number of hydrogen-bond donors (Lipinski definition) is 0. The van der Waals surface area contributed by atoms with E-state index in [4.69, 9.17) is 25.8 Å². The smallest absolute Gasteiger partial charge is 0.338 e. The van der Waals surface area contributed by atoms with Crippen molar-refractivity contribution in [2.45, 2.75) is 6.61 Å². The third-order valence-electron chi connectivity index (χ3n) is 3.19. The minimum atomic E-state index is -0.601. The number of non-ortho nitro benzene ring substituents is 1. The Morgan fingerprint density at radius 2 is 1.83 bits per heavy atom. The zero-order valence-electron chi connectivity index (χ0n) is 12.9. The van der Waals surface area contributed by atoms with Gasteiger partial charge in [-0.1, -0.05) is 11.6 Å². The summed E-state index contributed by atoms with van der Waals surface area (Å²) in [6.45, 7) is -0.0250. The topological polar surface area (TPSA) is 87.9 Å². The zero-order valence-corrected chi connectivity index (χ0v) is 13.7. The SMILES string of the molecule is COc1cc(C(=O)OCc2ccc([N+](=O)[O-])cc2)cc(Cl)c1OC. The molecule has 0 bridgehead atoms. The molecule has 0 spiro atoms. The van der Waals surface area contributed by atoms with E-state index in [9.17, 15) is 14.9 Å². The number of ether oxygens (including phenoxy) is 3. The van der Waals surface area contributed by atoms with Crippen molar-refractivity contribution in [3.8, 4) is 11.5 Å². The van der Waals surface area contributed by atoms with E-state index in [0.29, 0.717) is 17.1 Å². The Labute approximate surface area is 142 Å². The van der Waals surface area contributed by atoms with Crippen LogP contribution in [-0.2, 0) is 11.3 Å². The van der Waals surface area contributed by atoms with Gasteiger partial charge < -0.3 is 14.2 Å². The van der Waals surface area contributed by atoms with Gasteiger partial charge in [-0.25, -0.2) is 4.79 Å². The molecule has 7 nitrogen and oxygen atoms in total. The van der Waals surface area contributed by atoms with Crippen LogP contribution in [0.2, 0.25) is 5.02 Å². The Bertz CT molecular complexity index is 760. The van der Waals surface area contributed by atoms with Crippen LogP contribution in [0.3, 0.4) is 0 Å². The molecule has 0 radical (unpaired) electrons. The predicted octanol–water partition coefficient (Wildman–Crippen LogP) is 3.62. The standard InChI is InChI=1S/C16H14ClNO6/c1-22-14-8-11(7-13(17)15(14)23-2)16(19)24-9-10-3-5-12(6-4-10)18(20)21/h3-8H,9H2,1-2H3. The fourth-order valence-electron chi connectivity index (χ4n) is 1.98. The van der Waals surface area contributed by atoms with E-state index in [1.807, 2.05) is 0 Å². The first-order chi connectivity index (χ1) is 11.5. The van der Waals surface area contributed by atoms with E-state index >= 15 is 0 Å². The summed E-state index contributed by atoms with van der Waals surface area (Å²) in [4.78, 5) is 22.2. The first-order valence-corrected chi connectivity index (χ1v) is 7.16. The highest BCUT2D eigenvalue weighted by molar-refractivity contribution is 6.32. The van der Waals surface area contributed by atoms with E-state index in [1.165, 1.54) is 50.6 Å². The van der Waals surface area contributed by atoms with Crippen molar-refractivity contribution in [1.29, 1.82) is 0 Å². The van der Waals surface area contributed by atoms with Crippen LogP contribution in [0.5, 0.6) is 11.5 Å². The molecule has 8 heteroatoms. The molecule has 0 heterocycles. The second kappa shape index (κ2) is 7.65. The third kappa shape index (κ3) is 3.94. The Morgan fingerprint density at radius 3 is 2.38 bits per heavy atom. The molecular formula is C16H14ClNO6. The quantitative estimate of drug-likeness (QED) is 0.448. The first-order valence-electron chi connectivity index (χ1n) is 6.78. The van der Waals surface area contributed by atoms with Gasteiger partial charge in [0, 0.05) is 12.1 Å². The van der Waals surface area contributed by atoms with Gasteiger partial charge in [0.2, 0.25) is 0 Å². The normalized spacial score (nSPS) is 10.1. The molecule has 0 aliphatic rings. The van der Waals surface area contributed by atoms with Crippen molar-refractivity contribution in [2.24, 2.45) is 0 Å². The lowest BCUT2D eigenvalue weighted by Gasteiger charge is -2.11. The largest absolute Gasteiger partial charge is 0.493 e. The highest BCUT2D eigenvalue weighted by Crippen LogP contribution is 2.36. The summed E-state index contributed by atoms with van der Waals surface area (Å²) < 4.78 is 15.4. The number of hydrogen-bond acceptors (Lipinski definition) is 6. The molecule has 2 rings (SSSR count). The molecule has 0 fully saturated rings. The molecule has 2 aromatic rings. The monoisotopic (exact) mass is 351 g/mol. The van der Waals surface area contributed by atoms with Crippen molar-refractivity contribution >= 4 is 23.3 Å². The molecule has 0 unspecified atom stereocenters. The summed E-state index contributed by atoms with van der Waals surface area (Å²) in [5.41, 5.74) is 0.803. The zero-order chi connectivity index (χ0) is 17.7. The second-order valence-corrected chi connectivity index (χ2v) is 5.10. The molecule has 126 valence electrons. The van der Waals surface area contributed by atoms with E-state index < -0.39 is 10.9 Å². The highest BCUT2D eigenvalue weighted by atomic mass is 35.5. The molecule has 0 atom stereocenters. The maximum absolute atomic E-state index is 12.1. The van der Waals surface area contributed by atoms with Gasteiger partial charge in [0.1, 0.15) is 6.61 Å². The Balaban J connectivity index is 2.09. The molecule has 0 N–H and O–H groups in total. The summed E-state index contributed by atoms with van der Waals surface area (Å²) in [5.74, 6) is 0.0366. The number of methoxy groups -OCH3 is 2. The number of carbonyl (C=O) groups is 1. The van der Waals surface area contributed by atoms with Gasteiger partial charge >= 0.3 is 5.97 Å². The Hall–Kier alpha value is -2.80. The van der Waals surface area contributed by atoms with Crippen molar-refractivity contribution in [2.75, 3.05) is 14.2 Å². The van der Waals surface area contributed by atoms with Gasteiger partial charge in [0.05, 0.1) is 29.7 Å². The molecule has 0 aromatic heterocycles. The van der Waals surface area contributed by atoms with E-state index in [-0.39, 0.29) is 22.9 Å². The average molecular weight is 352 g/mol. The van der Waals surface area contributed by atoms with Crippen LogP contribution >= 0.6 is 11.6 Å². The average Bonchev–Trinajstić information content (AvgIpc) is 2.59. The number of benzene rings is 2. The van der Waals surface area contributed by atoms with Gasteiger partial charge in [-0.05, 0) is 29.8 Å². The van der Waals surface area contributed by atoms with Crippen molar-refractivity contribution < 1.29 is 23.9 Å². The first kappa shape index (κ1) is 17.6. The van der Waals surface area contributed by atoms with Crippen molar-refractivity contribution in [3.63, 3.8) is 0 Å². The van der Waals surface area contributed by atoms with Crippen LogP contribution in [0, 0.1) is 10.1 Å². The maximum atomic E-state index is 12.1. The van der Waals surface area contributed by atoms with E-state index in [0.717, 1.165) is 0 Å². The van der Waals surface area contributed by atoms with Crippen LogP contribution in [-0.4, -0.2) is 25.1 Å². The molecule has 0 saturated heterocycles. The van der Waals surface area contributed by atoms with Crippen LogP contribution < -0.4 is 9.47 Å². The Morgan fingerprint density at radius 1 is 1.17 bits per heavy atom. The summed E-state index contributed by atoms with van der Waals surface area (Å²) >= 11 is 6.05.